The molecule has 0 bridgehead atoms. The highest BCUT2D eigenvalue weighted by Crippen LogP contribution is 2.14. The number of aryl methyl sites for hydroxylation is 1. The summed E-state index contributed by atoms with van der Waals surface area (Å²) in [7, 11) is 0. The van der Waals surface area contributed by atoms with Crippen LogP contribution in [-0.2, 0) is 6.40 Å². The van der Waals surface area contributed by atoms with Gasteiger partial charge in [0.05, 0.1) is 23.8 Å². The van der Waals surface area contributed by atoms with Gasteiger partial charge in [-0.15, -0.1) is 0 Å². The smallest absolute Gasteiger partial charge is 0.168 e. The molecule has 74 valence electrons. The number of allylic oxidation sites excluding steroid dienone is 4. The highest BCUT2D eigenvalue weighted by molar-refractivity contribution is 6.07. The van der Waals surface area contributed by atoms with Gasteiger partial charge >= 0.3 is 0 Å². The van der Waals surface area contributed by atoms with Crippen LogP contribution in [0.4, 0.5) is 0 Å². The third-order valence-electron chi connectivity index (χ3n) is 2.37. The molecule has 1 heteroatoms. The van der Waals surface area contributed by atoms with Gasteiger partial charge in [0.1, 0.15) is 0 Å². The lowest BCUT2D eigenvalue weighted by molar-refractivity contribution is 0.972. The van der Waals surface area contributed by atoms with Gasteiger partial charge in [-0.3, -0.25) is 5.41 Å². The third kappa shape index (κ3) is 2.59. The Hall–Kier alpha value is -1.76. The maximum atomic E-state index is 8.06. The van der Waals surface area contributed by atoms with Gasteiger partial charge in [-0.1, -0.05) is 30.3 Å². The van der Waals surface area contributed by atoms with E-state index in [0.717, 1.165) is 11.1 Å². The first-order valence-corrected chi connectivity index (χ1v) is 5.04. The van der Waals surface area contributed by atoms with E-state index in [1.807, 2.05) is 48.9 Å². The number of rotatable bonds is 3. The summed E-state index contributed by atoms with van der Waals surface area (Å²) in [4.78, 5) is 0. The maximum absolute atomic E-state index is 8.06. The summed E-state index contributed by atoms with van der Waals surface area (Å²) < 4.78 is 8.06. The zero-order valence-electron chi connectivity index (χ0n) is 9.48. The lowest BCUT2D eigenvalue weighted by atomic mass is 9.97. The fraction of sp³-hybridized carbons (Fsp3) is 0.143. The Morgan fingerprint density at radius 1 is 1.27 bits per heavy atom. The highest BCUT2D eigenvalue weighted by Gasteiger charge is 2.13. The Morgan fingerprint density at radius 3 is 2.80 bits per heavy atom. The van der Waals surface area contributed by atoms with Crippen molar-refractivity contribution in [2.45, 2.75) is 12.8 Å². The molecule has 0 aliphatic heterocycles. The fourth-order valence-electron chi connectivity index (χ4n) is 1.52. The van der Waals surface area contributed by atoms with Crippen LogP contribution in [0.15, 0.2) is 54.1 Å². The van der Waals surface area contributed by atoms with Crippen LogP contribution in [0, 0.1) is 11.8 Å². The molecule has 1 nitrogen and oxygen atoms in total. The predicted octanol–water partition coefficient (Wildman–Crippen LogP) is 3.34. The highest BCUT2D eigenvalue weighted by atomic mass is 14.4. The Bertz CT molecular complexity index is 431. The second-order valence-electron chi connectivity index (χ2n) is 3.48. The van der Waals surface area contributed by atoms with Crippen LogP contribution in [0.5, 0.6) is 0 Å². The molecule has 1 aliphatic rings. The minimum absolute atomic E-state index is 0.285. The molecule has 1 aromatic carbocycles. The molecule has 15 heavy (non-hydrogen) atoms. The monoisotopic (exact) mass is 197 g/mol. The van der Waals surface area contributed by atoms with Crippen molar-refractivity contribution in [3.05, 3.63) is 66.1 Å². The molecular formula is C14H14N+. The molecule has 0 saturated heterocycles. The van der Waals surface area contributed by atoms with Gasteiger partial charge in [-0.2, -0.15) is 0 Å². The lowest BCUT2D eigenvalue weighted by Gasteiger charge is -2.02. The van der Waals surface area contributed by atoms with Gasteiger partial charge in [-0.05, 0) is 12.0 Å². The normalized spacial score (nSPS) is 17.7. The van der Waals surface area contributed by atoms with Crippen LogP contribution in [-0.4, -0.2) is 5.71 Å². The second kappa shape index (κ2) is 4.65. The predicted molar refractivity (Wildman–Crippen MR) is 64.0 cm³/mol. The Morgan fingerprint density at radius 2 is 2.07 bits per heavy atom. The van der Waals surface area contributed by atoms with Gasteiger partial charge < -0.3 is 0 Å². The molecule has 1 aromatic rings. The summed E-state index contributed by atoms with van der Waals surface area (Å²) in [5, 5.41) is 7.74. The van der Waals surface area contributed by atoms with Gasteiger partial charge in [-0.25, -0.2) is 0 Å². The van der Waals surface area contributed by atoms with Gasteiger partial charge in [0.15, 0.2) is 5.71 Å². The van der Waals surface area contributed by atoms with Crippen molar-refractivity contribution in [2.24, 2.45) is 0 Å². The number of hydrogen-bond donors (Lipinski definition) is 1. The molecule has 1 unspecified atom stereocenters. The minimum atomic E-state index is -0.285. The average molecular weight is 197 g/mol. The van der Waals surface area contributed by atoms with E-state index in [1.165, 1.54) is 0 Å². The van der Waals surface area contributed by atoms with Crippen LogP contribution in [0.1, 0.15) is 13.4 Å². The molecule has 0 saturated carbocycles. The Kier molecular flexibility index (Phi) is 2.65. The van der Waals surface area contributed by atoms with E-state index in [2.05, 4.69) is 0 Å². The van der Waals surface area contributed by atoms with Gasteiger partial charge in [0.2, 0.25) is 0 Å². The van der Waals surface area contributed by atoms with E-state index in [-0.39, 0.29) is 6.40 Å². The van der Waals surface area contributed by atoms with Crippen molar-refractivity contribution in [1.29, 1.82) is 5.41 Å². The van der Waals surface area contributed by atoms with E-state index in [0.29, 0.717) is 12.1 Å². The first-order chi connectivity index (χ1) is 7.77. The molecule has 0 amide bonds. The Labute approximate surface area is 92.1 Å². The fourth-order valence-corrected chi connectivity index (χ4v) is 1.52. The summed E-state index contributed by atoms with van der Waals surface area (Å²) in [6, 6.07) is 9.77. The van der Waals surface area contributed by atoms with Crippen molar-refractivity contribution in [2.75, 3.05) is 0 Å². The van der Waals surface area contributed by atoms with E-state index < -0.39 is 0 Å². The summed E-state index contributed by atoms with van der Waals surface area (Å²) in [5.74, 6) is 0. The van der Waals surface area contributed by atoms with Crippen molar-refractivity contribution in [1.82, 2.24) is 0 Å². The van der Waals surface area contributed by atoms with Crippen molar-refractivity contribution >= 4 is 5.71 Å². The van der Waals surface area contributed by atoms with E-state index in [4.69, 9.17) is 6.78 Å². The summed E-state index contributed by atoms with van der Waals surface area (Å²) in [6.07, 6.45) is 7.79. The minimum Gasteiger partial charge on any atom is -0.275 e. The van der Waals surface area contributed by atoms with Crippen LogP contribution >= 0.6 is 0 Å². The van der Waals surface area contributed by atoms with Gasteiger partial charge in [0.25, 0.3) is 0 Å². The van der Waals surface area contributed by atoms with Crippen molar-refractivity contribution < 1.29 is 1.37 Å². The first-order valence-electron chi connectivity index (χ1n) is 5.62. The number of nitrogens with one attached hydrogen (secondary N) is 1. The topological polar surface area (TPSA) is 23.9 Å². The number of benzene rings is 1. The third-order valence-corrected chi connectivity index (χ3v) is 2.37. The van der Waals surface area contributed by atoms with E-state index in [1.54, 1.807) is 6.08 Å². The molecule has 1 atom stereocenters. The van der Waals surface area contributed by atoms with E-state index in [9.17, 15) is 0 Å². The molecule has 1 aliphatic carbocycles. The number of hydrogen-bond acceptors (Lipinski definition) is 1. The molecule has 1 N–H and O–H groups in total. The molecule has 0 aromatic heterocycles. The molecule has 0 fully saturated rings. The van der Waals surface area contributed by atoms with Crippen LogP contribution in [0.25, 0.3) is 0 Å². The quantitative estimate of drug-likeness (QED) is 0.719. The molecule has 0 radical (unpaired) electrons. The summed E-state index contributed by atoms with van der Waals surface area (Å²) in [6.45, 7) is 0. The Balaban J connectivity index is 2.05. The molecule has 2 rings (SSSR count). The van der Waals surface area contributed by atoms with E-state index >= 15 is 0 Å². The standard InChI is InChI=1S/C14H14N/c15-14-9-5-4-8-13(14)11-10-12-6-2-1-3-7-12/h1-9,15H,10-11H2/q+1/i10D. The summed E-state index contributed by atoms with van der Waals surface area (Å²) in [5.41, 5.74) is 2.47. The van der Waals surface area contributed by atoms with Crippen molar-refractivity contribution in [3.63, 3.8) is 0 Å². The first kappa shape index (κ1) is 8.54. The zero-order valence-corrected chi connectivity index (χ0v) is 8.48. The molecule has 0 spiro atoms. The largest absolute Gasteiger partial charge is 0.275 e. The second-order valence-corrected chi connectivity index (χ2v) is 3.48. The summed E-state index contributed by atoms with van der Waals surface area (Å²) >= 11 is 0. The SMILES string of the molecule is [2H]C(CC1=C[CH+]C=CC1=N)c1ccccc1. The average Bonchev–Trinajstić information content (AvgIpc) is 2.33. The van der Waals surface area contributed by atoms with Crippen LogP contribution in [0.3, 0.4) is 0 Å². The van der Waals surface area contributed by atoms with Crippen LogP contribution < -0.4 is 0 Å². The molecule has 0 heterocycles. The lowest BCUT2D eigenvalue weighted by Crippen LogP contribution is -2.02. The van der Waals surface area contributed by atoms with Crippen LogP contribution in [0.2, 0.25) is 0 Å². The van der Waals surface area contributed by atoms with Gasteiger partial charge in [0, 0.05) is 14.2 Å². The van der Waals surface area contributed by atoms with Crippen molar-refractivity contribution in [3.8, 4) is 0 Å². The zero-order chi connectivity index (χ0) is 11.4. The molecular weight excluding hydrogens is 182 g/mol. The maximum Gasteiger partial charge on any atom is 0.168 e.